The van der Waals surface area contributed by atoms with Crippen molar-refractivity contribution in [2.45, 2.75) is 4.90 Å². The van der Waals surface area contributed by atoms with Crippen molar-refractivity contribution < 1.29 is 4.74 Å². The van der Waals surface area contributed by atoms with Crippen molar-refractivity contribution in [2.24, 2.45) is 0 Å². The molecule has 2 N–H and O–H groups in total. The van der Waals surface area contributed by atoms with Crippen molar-refractivity contribution >= 4 is 17.4 Å². The second-order valence-electron chi connectivity index (χ2n) is 3.55. The summed E-state index contributed by atoms with van der Waals surface area (Å²) in [6, 6.07) is 17.9. The summed E-state index contributed by atoms with van der Waals surface area (Å²) in [7, 11) is 0. The van der Waals surface area contributed by atoms with Crippen molar-refractivity contribution in [3.8, 4) is 5.75 Å². The van der Waals surface area contributed by atoms with Gasteiger partial charge in [-0.25, -0.2) is 0 Å². The highest BCUT2D eigenvalue weighted by molar-refractivity contribution is 7.99. The highest BCUT2D eigenvalue weighted by Gasteiger charge is 1.98. The fraction of sp³-hybridized carbons (Fsp3) is 0.143. The predicted octanol–water partition coefficient (Wildman–Crippen LogP) is 3.44. The number of rotatable bonds is 5. The molecule has 2 aromatic rings. The van der Waals surface area contributed by atoms with Crippen LogP contribution >= 0.6 is 11.8 Å². The van der Waals surface area contributed by atoms with E-state index in [9.17, 15) is 0 Å². The topological polar surface area (TPSA) is 35.2 Å². The van der Waals surface area contributed by atoms with Crippen LogP contribution < -0.4 is 10.5 Å². The summed E-state index contributed by atoms with van der Waals surface area (Å²) in [4.78, 5) is 1.26. The Hall–Kier alpha value is -1.61. The standard InChI is InChI=1S/C14H15NOS/c15-13-8-4-5-9-14(13)16-10-11-17-12-6-2-1-3-7-12/h1-9H,10-11,15H2. The number of ether oxygens (including phenoxy) is 1. The van der Waals surface area contributed by atoms with E-state index in [4.69, 9.17) is 10.5 Å². The Morgan fingerprint density at radius 2 is 1.65 bits per heavy atom. The maximum absolute atomic E-state index is 5.78. The third-order valence-corrected chi connectivity index (χ3v) is 3.25. The van der Waals surface area contributed by atoms with Gasteiger partial charge in [0.15, 0.2) is 0 Å². The van der Waals surface area contributed by atoms with Gasteiger partial charge in [-0.2, -0.15) is 0 Å². The van der Waals surface area contributed by atoms with Crippen molar-refractivity contribution in [3.05, 3.63) is 54.6 Å². The van der Waals surface area contributed by atoms with E-state index < -0.39 is 0 Å². The van der Waals surface area contributed by atoms with Gasteiger partial charge in [-0.15, -0.1) is 11.8 Å². The molecule has 0 aliphatic heterocycles. The van der Waals surface area contributed by atoms with Gasteiger partial charge in [0.05, 0.1) is 12.3 Å². The first-order chi connectivity index (χ1) is 8.36. The number of para-hydroxylation sites is 2. The van der Waals surface area contributed by atoms with Crippen molar-refractivity contribution in [1.82, 2.24) is 0 Å². The minimum absolute atomic E-state index is 0.660. The molecule has 0 atom stereocenters. The molecule has 0 radical (unpaired) electrons. The van der Waals surface area contributed by atoms with Crippen LogP contribution in [0.5, 0.6) is 5.75 Å². The normalized spacial score (nSPS) is 10.1. The van der Waals surface area contributed by atoms with Crippen LogP contribution in [0.1, 0.15) is 0 Å². The third-order valence-electron chi connectivity index (χ3n) is 2.27. The molecule has 2 aromatic carbocycles. The molecule has 0 spiro atoms. The van der Waals surface area contributed by atoms with Gasteiger partial charge in [0.2, 0.25) is 0 Å². The number of nitrogens with two attached hydrogens (primary N) is 1. The number of nitrogen functional groups attached to an aromatic ring is 1. The van der Waals surface area contributed by atoms with Crippen LogP contribution in [0.4, 0.5) is 5.69 Å². The number of hydrogen-bond donors (Lipinski definition) is 1. The zero-order chi connectivity index (χ0) is 11.9. The van der Waals surface area contributed by atoms with Crippen LogP contribution in [0.25, 0.3) is 0 Å². The van der Waals surface area contributed by atoms with Gasteiger partial charge in [-0.1, -0.05) is 30.3 Å². The van der Waals surface area contributed by atoms with Crippen LogP contribution in [0.2, 0.25) is 0 Å². The third kappa shape index (κ3) is 3.71. The van der Waals surface area contributed by atoms with Gasteiger partial charge in [0.1, 0.15) is 5.75 Å². The van der Waals surface area contributed by atoms with E-state index in [0.29, 0.717) is 12.3 Å². The number of thioether (sulfide) groups is 1. The Bertz CT molecular complexity index is 459. The Labute approximate surface area is 106 Å². The SMILES string of the molecule is Nc1ccccc1OCCSc1ccccc1. The number of anilines is 1. The quantitative estimate of drug-likeness (QED) is 0.498. The summed E-state index contributed by atoms with van der Waals surface area (Å²) in [6.07, 6.45) is 0. The van der Waals surface area contributed by atoms with Crippen LogP contribution in [0.15, 0.2) is 59.5 Å². The average Bonchev–Trinajstić information content (AvgIpc) is 2.38. The molecule has 17 heavy (non-hydrogen) atoms. The minimum Gasteiger partial charge on any atom is -0.491 e. The summed E-state index contributed by atoms with van der Waals surface area (Å²) in [5.41, 5.74) is 6.47. The Morgan fingerprint density at radius 3 is 2.41 bits per heavy atom. The Morgan fingerprint density at radius 1 is 0.941 bits per heavy atom. The van der Waals surface area contributed by atoms with Gasteiger partial charge in [0.25, 0.3) is 0 Å². The van der Waals surface area contributed by atoms with E-state index in [2.05, 4.69) is 12.1 Å². The molecule has 0 saturated heterocycles. The van der Waals surface area contributed by atoms with Crippen LogP contribution in [-0.2, 0) is 0 Å². The van der Waals surface area contributed by atoms with Crippen LogP contribution in [0.3, 0.4) is 0 Å². The minimum atomic E-state index is 0.660. The van der Waals surface area contributed by atoms with E-state index in [0.717, 1.165) is 11.5 Å². The number of benzene rings is 2. The smallest absolute Gasteiger partial charge is 0.142 e. The van der Waals surface area contributed by atoms with Crippen LogP contribution in [-0.4, -0.2) is 12.4 Å². The molecule has 0 aliphatic rings. The summed E-state index contributed by atoms with van der Waals surface area (Å²) in [6.45, 7) is 0.660. The molecule has 0 unspecified atom stereocenters. The summed E-state index contributed by atoms with van der Waals surface area (Å²) >= 11 is 1.78. The second-order valence-corrected chi connectivity index (χ2v) is 4.72. The molecule has 2 nitrogen and oxygen atoms in total. The highest BCUT2D eigenvalue weighted by Crippen LogP contribution is 2.21. The van der Waals surface area contributed by atoms with Gasteiger partial charge in [-0.3, -0.25) is 0 Å². The van der Waals surface area contributed by atoms with E-state index in [1.165, 1.54) is 4.90 Å². The molecule has 0 aliphatic carbocycles. The second kappa shape index (κ2) is 6.21. The molecule has 0 heterocycles. The molecular weight excluding hydrogens is 230 g/mol. The molecule has 0 fully saturated rings. The van der Waals surface area contributed by atoms with E-state index in [1.807, 2.05) is 42.5 Å². The molecule has 0 bridgehead atoms. The van der Waals surface area contributed by atoms with Crippen molar-refractivity contribution in [1.29, 1.82) is 0 Å². The van der Waals surface area contributed by atoms with Crippen molar-refractivity contribution in [3.63, 3.8) is 0 Å². The first-order valence-corrected chi connectivity index (χ1v) is 6.50. The summed E-state index contributed by atoms with van der Waals surface area (Å²) in [5.74, 6) is 1.68. The lowest BCUT2D eigenvalue weighted by Gasteiger charge is -2.08. The Balaban J connectivity index is 1.76. The highest BCUT2D eigenvalue weighted by atomic mass is 32.2. The maximum atomic E-state index is 5.78. The largest absolute Gasteiger partial charge is 0.491 e. The fourth-order valence-electron chi connectivity index (χ4n) is 1.44. The molecule has 88 valence electrons. The monoisotopic (exact) mass is 245 g/mol. The van der Waals surface area contributed by atoms with E-state index >= 15 is 0 Å². The summed E-state index contributed by atoms with van der Waals surface area (Å²) in [5, 5.41) is 0. The first kappa shape index (κ1) is 11.9. The molecule has 0 aromatic heterocycles. The molecular formula is C14H15NOS. The number of hydrogen-bond acceptors (Lipinski definition) is 3. The van der Waals surface area contributed by atoms with Crippen LogP contribution in [0, 0.1) is 0 Å². The predicted molar refractivity (Wildman–Crippen MR) is 73.5 cm³/mol. The lowest BCUT2D eigenvalue weighted by molar-refractivity contribution is 0.346. The van der Waals surface area contributed by atoms with Gasteiger partial charge in [0, 0.05) is 10.6 Å². The lowest BCUT2D eigenvalue weighted by Crippen LogP contribution is -2.02. The summed E-state index contributed by atoms with van der Waals surface area (Å²) < 4.78 is 5.61. The lowest BCUT2D eigenvalue weighted by atomic mass is 10.3. The van der Waals surface area contributed by atoms with E-state index in [-0.39, 0.29) is 0 Å². The zero-order valence-electron chi connectivity index (χ0n) is 9.50. The fourth-order valence-corrected chi connectivity index (χ4v) is 2.19. The van der Waals surface area contributed by atoms with Crippen molar-refractivity contribution in [2.75, 3.05) is 18.1 Å². The molecule has 3 heteroatoms. The molecule has 2 rings (SSSR count). The van der Waals surface area contributed by atoms with Gasteiger partial charge < -0.3 is 10.5 Å². The van der Waals surface area contributed by atoms with Gasteiger partial charge in [-0.05, 0) is 24.3 Å². The van der Waals surface area contributed by atoms with Gasteiger partial charge >= 0.3 is 0 Å². The van der Waals surface area contributed by atoms with E-state index in [1.54, 1.807) is 11.8 Å². The molecule has 0 saturated carbocycles. The Kier molecular flexibility index (Phi) is 4.33. The first-order valence-electron chi connectivity index (χ1n) is 5.51. The maximum Gasteiger partial charge on any atom is 0.142 e. The molecule has 0 amide bonds. The average molecular weight is 245 g/mol. The zero-order valence-corrected chi connectivity index (χ0v) is 10.3.